The van der Waals surface area contributed by atoms with Gasteiger partial charge in [0.25, 0.3) is 0 Å². The summed E-state index contributed by atoms with van der Waals surface area (Å²) in [5, 5.41) is 6.61. The first-order valence-electron chi connectivity index (χ1n) is 9.14. The molecule has 0 saturated heterocycles. The van der Waals surface area contributed by atoms with Gasteiger partial charge in [0.1, 0.15) is 5.60 Å². The highest BCUT2D eigenvalue weighted by atomic mass is 32.2. The molecule has 0 radical (unpaired) electrons. The minimum Gasteiger partial charge on any atom is -0.444 e. The van der Waals surface area contributed by atoms with Crippen LogP contribution >= 0.6 is 11.8 Å². The maximum absolute atomic E-state index is 12.3. The van der Waals surface area contributed by atoms with Gasteiger partial charge in [-0.15, -0.1) is 0 Å². The Morgan fingerprint density at radius 2 is 1.76 bits per heavy atom. The molecule has 0 aromatic heterocycles. The van der Waals surface area contributed by atoms with Crippen molar-refractivity contribution in [2.75, 3.05) is 38.7 Å². The van der Waals surface area contributed by atoms with Crippen LogP contribution in [0.3, 0.4) is 0 Å². The standard InChI is InChI=1S/C18H38N4O2S/c1-15(2)22(17(23)24-18(3,4)5)13-10-12-21-16(19-6)20-11-8-9-14-25-7/h15H,8-14H2,1-7H3,(H2,19,20,21). The number of amides is 1. The quantitative estimate of drug-likeness (QED) is 0.349. The second-order valence-electron chi connectivity index (χ2n) is 7.25. The summed E-state index contributed by atoms with van der Waals surface area (Å²) < 4.78 is 5.47. The molecule has 0 aliphatic carbocycles. The van der Waals surface area contributed by atoms with Crippen molar-refractivity contribution in [2.24, 2.45) is 4.99 Å². The van der Waals surface area contributed by atoms with E-state index in [1.807, 2.05) is 46.4 Å². The summed E-state index contributed by atoms with van der Waals surface area (Å²) in [6.45, 7) is 12.0. The van der Waals surface area contributed by atoms with Crippen molar-refractivity contribution in [1.29, 1.82) is 0 Å². The van der Waals surface area contributed by atoms with Gasteiger partial charge in [0.2, 0.25) is 0 Å². The molecule has 0 aromatic rings. The number of nitrogens with zero attached hydrogens (tertiary/aromatic N) is 2. The lowest BCUT2D eigenvalue weighted by atomic mass is 10.2. The molecule has 0 heterocycles. The summed E-state index contributed by atoms with van der Waals surface area (Å²) in [6.07, 6.45) is 5.07. The van der Waals surface area contributed by atoms with Crippen LogP contribution in [0.4, 0.5) is 4.79 Å². The second-order valence-corrected chi connectivity index (χ2v) is 8.23. The zero-order chi connectivity index (χ0) is 19.3. The van der Waals surface area contributed by atoms with Crippen LogP contribution in [0.25, 0.3) is 0 Å². The normalized spacial score (nSPS) is 12.2. The largest absolute Gasteiger partial charge is 0.444 e. The van der Waals surface area contributed by atoms with Gasteiger partial charge >= 0.3 is 6.09 Å². The first kappa shape index (κ1) is 23.9. The fourth-order valence-electron chi connectivity index (χ4n) is 2.14. The van der Waals surface area contributed by atoms with Gasteiger partial charge in [0.15, 0.2) is 5.96 Å². The third kappa shape index (κ3) is 12.8. The molecule has 0 aromatic carbocycles. The van der Waals surface area contributed by atoms with Crippen LogP contribution in [0.1, 0.15) is 53.9 Å². The Morgan fingerprint density at radius 3 is 2.24 bits per heavy atom. The minimum atomic E-state index is -0.468. The molecular weight excluding hydrogens is 336 g/mol. The summed E-state index contributed by atoms with van der Waals surface area (Å²) in [5.41, 5.74) is -0.468. The van der Waals surface area contributed by atoms with E-state index in [9.17, 15) is 4.79 Å². The number of nitrogens with one attached hydrogen (secondary N) is 2. The number of carbonyl (C=O) groups excluding carboxylic acids is 1. The van der Waals surface area contributed by atoms with Gasteiger partial charge in [-0.3, -0.25) is 4.99 Å². The van der Waals surface area contributed by atoms with Gasteiger partial charge in [-0.05, 0) is 65.9 Å². The lowest BCUT2D eigenvalue weighted by molar-refractivity contribution is 0.0190. The first-order chi connectivity index (χ1) is 11.7. The Morgan fingerprint density at radius 1 is 1.16 bits per heavy atom. The van der Waals surface area contributed by atoms with Crippen LogP contribution in [0.15, 0.2) is 4.99 Å². The number of aliphatic imine (C=N–C) groups is 1. The van der Waals surface area contributed by atoms with E-state index in [2.05, 4.69) is 21.9 Å². The Labute approximate surface area is 158 Å². The molecule has 7 heteroatoms. The molecular formula is C18H38N4O2S. The molecule has 0 fully saturated rings. The molecule has 25 heavy (non-hydrogen) atoms. The van der Waals surface area contributed by atoms with E-state index in [0.717, 1.165) is 31.9 Å². The molecule has 0 aliphatic rings. The summed E-state index contributed by atoms with van der Waals surface area (Å²) in [5.74, 6) is 2.01. The number of guanidine groups is 1. The van der Waals surface area contributed by atoms with Crippen molar-refractivity contribution in [3.05, 3.63) is 0 Å². The Kier molecular flexibility index (Phi) is 12.6. The predicted molar refractivity (Wildman–Crippen MR) is 110 cm³/mol. The van der Waals surface area contributed by atoms with E-state index in [4.69, 9.17) is 4.74 Å². The summed E-state index contributed by atoms with van der Waals surface area (Å²) in [7, 11) is 1.78. The van der Waals surface area contributed by atoms with Crippen molar-refractivity contribution < 1.29 is 9.53 Å². The number of hydrogen-bond acceptors (Lipinski definition) is 4. The molecule has 0 spiro atoms. The summed E-state index contributed by atoms with van der Waals surface area (Å²) >= 11 is 1.88. The monoisotopic (exact) mass is 374 g/mol. The number of thioether (sulfide) groups is 1. The second kappa shape index (κ2) is 13.1. The summed E-state index contributed by atoms with van der Waals surface area (Å²) in [6, 6.07) is 0.115. The van der Waals surface area contributed by atoms with Crippen LogP contribution in [-0.4, -0.2) is 67.3 Å². The fraction of sp³-hybridized carbons (Fsp3) is 0.889. The SMILES string of the molecule is CN=C(NCCCCSC)NCCCN(C(=O)OC(C)(C)C)C(C)C. The van der Waals surface area contributed by atoms with E-state index >= 15 is 0 Å². The van der Waals surface area contributed by atoms with Crippen molar-refractivity contribution in [3.8, 4) is 0 Å². The molecule has 2 N–H and O–H groups in total. The zero-order valence-corrected chi connectivity index (χ0v) is 18.0. The highest BCUT2D eigenvalue weighted by Gasteiger charge is 2.23. The van der Waals surface area contributed by atoms with E-state index in [1.54, 1.807) is 11.9 Å². The molecule has 1 amide bonds. The van der Waals surface area contributed by atoms with Crippen LogP contribution in [0, 0.1) is 0 Å². The molecule has 6 nitrogen and oxygen atoms in total. The van der Waals surface area contributed by atoms with Crippen LogP contribution in [0.5, 0.6) is 0 Å². The number of hydrogen-bond donors (Lipinski definition) is 2. The third-order valence-electron chi connectivity index (χ3n) is 3.41. The van der Waals surface area contributed by atoms with E-state index in [1.165, 1.54) is 12.2 Å². The third-order valence-corrected chi connectivity index (χ3v) is 4.11. The Hall–Kier alpha value is -1.11. The first-order valence-corrected chi connectivity index (χ1v) is 10.5. The van der Waals surface area contributed by atoms with Gasteiger partial charge in [-0.1, -0.05) is 0 Å². The van der Waals surface area contributed by atoms with Gasteiger partial charge in [-0.25, -0.2) is 4.79 Å². The van der Waals surface area contributed by atoms with E-state index in [0.29, 0.717) is 6.54 Å². The highest BCUT2D eigenvalue weighted by molar-refractivity contribution is 7.98. The van der Waals surface area contributed by atoms with Gasteiger partial charge in [0, 0.05) is 32.7 Å². The molecule has 0 aliphatic heterocycles. The van der Waals surface area contributed by atoms with Crippen LogP contribution in [-0.2, 0) is 4.74 Å². The van der Waals surface area contributed by atoms with Crippen molar-refractivity contribution in [3.63, 3.8) is 0 Å². The van der Waals surface area contributed by atoms with Crippen molar-refractivity contribution in [2.45, 2.75) is 65.5 Å². The van der Waals surface area contributed by atoms with E-state index in [-0.39, 0.29) is 12.1 Å². The molecule has 0 bridgehead atoms. The van der Waals surface area contributed by atoms with Crippen LogP contribution in [0.2, 0.25) is 0 Å². The smallest absolute Gasteiger partial charge is 0.410 e. The highest BCUT2D eigenvalue weighted by Crippen LogP contribution is 2.12. The topological polar surface area (TPSA) is 66.0 Å². The lowest BCUT2D eigenvalue weighted by Crippen LogP contribution is -2.43. The van der Waals surface area contributed by atoms with Crippen LogP contribution < -0.4 is 10.6 Å². The average Bonchev–Trinajstić information content (AvgIpc) is 2.50. The number of carbonyl (C=O) groups is 1. The van der Waals surface area contributed by atoms with Crippen molar-refractivity contribution >= 4 is 23.8 Å². The number of ether oxygens (including phenoxy) is 1. The van der Waals surface area contributed by atoms with Gasteiger partial charge in [-0.2, -0.15) is 11.8 Å². The van der Waals surface area contributed by atoms with E-state index < -0.39 is 5.60 Å². The molecule has 148 valence electrons. The Bertz CT molecular complexity index is 395. The maximum Gasteiger partial charge on any atom is 0.410 e. The number of unbranched alkanes of at least 4 members (excludes halogenated alkanes) is 1. The molecule has 0 rings (SSSR count). The average molecular weight is 375 g/mol. The predicted octanol–water partition coefficient (Wildman–Crippen LogP) is 3.33. The number of rotatable bonds is 10. The zero-order valence-electron chi connectivity index (χ0n) is 17.1. The lowest BCUT2D eigenvalue weighted by Gasteiger charge is -2.30. The maximum atomic E-state index is 12.3. The van der Waals surface area contributed by atoms with Gasteiger partial charge < -0.3 is 20.3 Å². The van der Waals surface area contributed by atoms with Crippen molar-refractivity contribution in [1.82, 2.24) is 15.5 Å². The fourth-order valence-corrected chi connectivity index (χ4v) is 2.63. The Balaban J connectivity index is 4.13. The molecule has 0 unspecified atom stereocenters. The molecule has 0 atom stereocenters. The summed E-state index contributed by atoms with van der Waals surface area (Å²) in [4.78, 5) is 18.3. The van der Waals surface area contributed by atoms with Gasteiger partial charge in [0.05, 0.1) is 0 Å². The molecule has 0 saturated carbocycles. The minimum absolute atomic E-state index is 0.115.